The maximum absolute atomic E-state index is 12.7. The zero-order valence-corrected chi connectivity index (χ0v) is 19.1. The lowest BCUT2D eigenvalue weighted by atomic mass is 10.1. The van der Waals surface area contributed by atoms with Crippen molar-refractivity contribution in [3.8, 4) is 5.75 Å². The number of hydrogen-bond acceptors (Lipinski definition) is 6. The second kappa shape index (κ2) is 9.92. The maximum Gasteiger partial charge on any atom is 0.329 e. The first-order valence-corrected chi connectivity index (χ1v) is 11.4. The third-order valence-electron chi connectivity index (χ3n) is 5.24. The highest BCUT2D eigenvalue weighted by atomic mass is 32.2. The minimum atomic E-state index is -0.964. The van der Waals surface area contributed by atoms with Crippen molar-refractivity contribution < 1.29 is 23.9 Å². The zero-order valence-electron chi connectivity index (χ0n) is 18.3. The van der Waals surface area contributed by atoms with Crippen molar-refractivity contribution >= 4 is 45.7 Å². The predicted molar refractivity (Wildman–Crippen MR) is 129 cm³/mol. The van der Waals surface area contributed by atoms with E-state index < -0.39 is 23.2 Å². The highest BCUT2D eigenvalue weighted by Crippen LogP contribution is 2.34. The van der Waals surface area contributed by atoms with E-state index in [1.165, 1.54) is 17.7 Å². The first kappa shape index (κ1) is 22.6. The molecule has 0 radical (unpaired) electrons. The van der Waals surface area contributed by atoms with E-state index in [1.807, 2.05) is 42.5 Å². The molecule has 1 fully saturated rings. The third-order valence-corrected chi connectivity index (χ3v) is 6.12. The molecule has 0 saturated carbocycles. The second-order valence-corrected chi connectivity index (χ2v) is 8.51. The highest BCUT2D eigenvalue weighted by Gasteiger charge is 2.41. The smallest absolute Gasteiger partial charge is 0.329 e. The standard InChI is InChI=1S/C26H23NO5S/c1-3-31-25(29)17(2)27-24(28)23(33-26(27)30)15-18-9-12-22(13-10-18)32-16-19-8-11-20-6-4-5-7-21(20)14-19/h4-15,17H,3,16H2,1-2H3/b23-15+/t17-/m0/s1. The molecule has 0 aliphatic carbocycles. The minimum Gasteiger partial charge on any atom is -0.489 e. The molecule has 6 nitrogen and oxygen atoms in total. The molecular formula is C26H23NO5S. The van der Waals surface area contributed by atoms with E-state index >= 15 is 0 Å². The number of amides is 2. The van der Waals surface area contributed by atoms with E-state index in [1.54, 1.807) is 13.0 Å². The average Bonchev–Trinajstić information content (AvgIpc) is 3.10. The molecule has 4 rings (SSSR count). The Kier molecular flexibility index (Phi) is 6.79. The van der Waals surface area contributed by atoms with E-state index in [-0.39, 0.29) is 11.5 Å². The van der Waals surface area contributed by atoms with E-state index in [4.69, 9.17) is 9.47 Å². The predicted octanol–water partition coefficient (Wildman–Crippen LogP) is 5.41. The van der Waals surface area contributed by atoms with Crippen LogP contribution >= 0.6 is 11.8 Å². The van der Waals surface area contributed by atoms with Crippen molar-refractivity contribution in [1.82, 2.24) is 4.90 Å². The normalized spacial score (nSPS) is 15.8. The van der Waals surface area contributed by atoms with Crippen LogP contribution in [0, 0.1) is 0 Å². The number of benzene rings is 3. The summed E-state index contributed by atoms with van der Waals surface area (Å²) < 4.78 is 10.8. The number of rotatable bonds is 7. The van der Waals surface area contributed by atoms with Gasteiger partial charge in [-0.3, -0.25) is 14.5 Å². The number of nitrogens with zero attached hydrogens (tertiary/aromatic N) is 1. The van der Waals surface area contributed by atoms with Crippen LogP contribution in [-0.4, -0.2) is 34.7 Å². The average molecular weight is 462 g/mol. The van der Waals surface area contributed by atoms with Gasteiger partial charge < -0.3 is 9.47 Å². The summed E-state index contributed by atoms with van der Waals surface area (Å²) in [7, 11) is 0. The van der Waals surface area contributed by atoms with Crippen LogP contribution in [0.5, 0.6) is 5.75 Å². The zero-order chi connectivity index (χ0) is 23.4. The van der Waals surface area contributed by atoms with Crippen molar-refractivity contribution in [3.63, 3.8) is 0 Å². The number of carbonyl (C=O) groups excluding carboxylic acids is 3. The maximum atomic E-state index is 12.7. The van der Waals surface area contributed by atoms with Crippen LogP contribution in [0.15, 0.2) is 71.6 Å². The molecule has 2 amide bonds. The Morgan fingerprint density at radius 1 is 1.03 bits per heavy atom. The molecular weight excluding hydrogens is 438 g/mol. The van der Waals surface area contributed by atoms with Gasteiger partial charge in [-0.1, -0.05) is 48.5 Å². The summed E-state index contributed by atoms with van der Waals surface area (Å²) in [6, 6.07) is 20.7. The fourth-order valence-corrected chi connectivity index (χ4v) is 4.40. The van der Waals surface area contributed by atoms with Gasteiger partial charge in [0.25, 0.3) is 11.1 Å². The van der Waals surface area contributed by atoms with Gasteiger partial charge in [-0.25, -0.2) is 4.79 Å². The molecule has 0 N–H and O–H groups in total. The van der Waals surface area contributed by atoms with E-state index in [0.29, 0.717) is 12.4 Å². The Balaban J connectivity index is 1.41. The van der Waals surface area contributed by atoms with Gasteiger partial charge in [-0.15, -0.1) is 0 Å². The Bertz CT molecular complexity index is 1230. The van der Waals surface area contributed by atoms with E-state index in [9.17, 15) is 14.4 Å². The monoisotopic (exact) mass is 461 g/mol. The van der Waals surface area contributed by atoms with Crippen molar-refractivity contribution in [2.24, 2.45) is 0 Å². The van der Waals surface area contributed by atoms with Gasteiger partial charge in [0.05, 0.1) is 11.5 Å². The highest BCUT2D eigenvalue weighted by molar-refractivity contribution is 8.18. The molecule has 3 aromatic carbocycles. The number of thioether (sulfide) groups is 1. The van der Waals surface area contributed by atoms with E-state index in [2.05, 4.69) is 24.3 Å². The molecule has 0 bridgehead atoms. The lowest BCUT2D eigenvalue weighted by Crippen LogP contribution is -2.42. The molecule has 1 aliphatic heterocycles. The van der Waals surface area contributed by atoms with Crippen molar-refractivity contribution in [3.05, 3.63) is 82.8 Å². The summed E-state index contributed by atoms with van der Waals surface area (Å²) in [5.41, 5.74) is 1.82. The first-order valence-electron chi connectivity index (χ1n) is 10.6. The largest absolute Gasteiger partial charge is 0.489 e. The van der Waals surface area contributed by atoms with Crippen molar-refractivity contribution in [2.45, 2.75) is 26.5 Å². The van der Waals surface area contributed by atoms with Crippen LogP contribution in [0.2, 0.25) is 0 Å². The van der Waals surface area contributed by atoms with Gasteiger partial charge in [0, 0.05) is 0 Å². The van der Waals surface area contributed by atoms with Crippen LogP contribution in [0.1, 0.15) is 25.0 Å². The van der Waals surface area contributed by atoms with Gasteiger partial charge in [-0.05, 0) is 71.8 Å². The van der Waals surface area contributed by atoms with Gasteiger partial charge in [0.15, 0.2) is 0 Å². The molecule has 0 unspecified atom stereocenters. The molecule has 168 valence electrons. The molecule has 7 heteroatoms. The van der Waals surface area contributed by atoms with Gasteiger partial charge in [0.1, 0.15) is 18.4 Å². The molecule has 33 heavy (non-hydrogen) atoms. The van der Waals surface area contributed by atoms with Crippen LogP contribution in [-0.2, 0) is 20.9 Å². The van der Waals surface area contributed by atoms with Crippen LogP contribution < -0.4 is 4.74 Å². The number of imide groups is 1. The lowest BCUT2D eigenvalue weighted by Gasteiger charge is -2.19. The molecule has 1 heterocycles. The summed E-state index contributed by atoms with van der Waals surface area (Å²) in [5, 5.41) is 1.87. The number of carbonyl (C=O) groups is 3. The lowest BCUT2D eigenvalue weighted by molar-refractivity contribution is -0.150. The first-order chi connectivity index (χ1) is 16.0. The minimum absolute atomic E-state index is 0.185. The molecule has 0 spiro atoms. The third kappa shape index (κ3) is 5.09. The fourth-order valence-electron chi connectivity index (χ4n) is 3.49. The second-order valence-electron chi connectivity index (χ2n) is 7.52. The van der Waals surface area contributed by atoms with Crippen LogP contribution in [0.3, 0.4) is 0 Å². The number of ether oxygens (including phenoxy) is 2. The Morgan fingerprint density at radius 3 is 2.48 bits per heavy atom. The number of hydrogen-bond donors (Lipinski definition) is 0. The molecule has 1 aliphatic rings. The number of fused-ring (bicyclic) bond motifs is 1. The molecule has 1 saturated heterocycles. The van der Waals surface area contributed by atoms with Gasteiger partial charge in [-0.2, -0.15) is 0 Å². The SMILES string of the molecule is CCOC(=O)[C@H](C)N1C(=O)S/C(=C/c2ccc(OCc3ccc4ccccc4c3)cc2)C1=O. The Labute approximate surface area is 196 Å². The number of esters is 1. The fraction of sp³-hybridized carbons (Fsp3) is 0.192. The quantitative estimate of drug-likeness (QED) is 0.346. The Hall–Kier alpha value is -3.58. The van der Waals surface area contributed by atoms with Crippen molar-refractivity contribution in [1.29, 1.82) is 0 Å². The summed E-state index contributed by atoms with van der Waals surface area (Å²) in [5.74, 6) is -0.402. The van der Waals surface area contributed by atoms with Crippen molar-refractivity contribution in [2.75, 3.05) is 6.61 Å². The van der Waals surface area contributed by atoms with Crippen LogP contribution in [0.25, 0.3) is 16.8 Å². The summed E-state index contributed by atoms with van der Waals surface area (Å²) in [6.45, 7) is 3.78. The van der Waals surface area contributed by atoms with E-state index in [0.717, 1.165) is 27.8 Å². The molecule has 0 aromatic heterocycles. The Morgan fingerprint density at radius 2 is 1.76 bits per heavy atom. The van der Waals surface area contributed by atoms with Crippen LogP contribution in [0.4, 0.5) is 4.79 Å². The summed E-state index contributed by atoms with van der Waals surface area (Å²) in [4.78, 5) is 38.1. The molecule has 3 aromatic rings. The van der Waals surface area contributed by atoms with Gasteiger partial charge in [0.2, 0.25) is 0 Å². The summed E-state index contributed by atoms with van der Waals surface area (Å²) >= 11 is 0.813. The molecule has 1 atom stereocenters. The van der Waals surface area contributed by atoms with Gasteiger partial charge >= 0.3 is 5.97 Å². The summed E-state index contributed by atoms with van der Waals surface area (Å²) in [6.07, 6.45) is 1.63. The topological polar surface area (TPSA) is 72.9 Å².